The van der Waals surface area contributed by atoms with Crippen LogP contribution in [0.15, 0.2) is 0 Å². The van der Waals surface area contributed by atoms with Gasteiger partial charge < -0.3 is 0 Å². The van der Waals surface area contributed by atoms with Gasteiger partial charge in [0.2, 0.25) is 0 Å². The van der Waals surface area contributed by atoms with Crippen LogP contribution in [0, 0.1) is 207 Å². The van der Waals surface area contributed by atoms with Gasteiger partial charge in [-0.15, -0.1) is 0 Å². The topological polar surface area (TPSA) is 0 Å². The molecule has 12 unspecified atom stereocenters. The van der Waals surface area contributed by atoms with Crippen LogP contribution in [-0.2, 0) is 0 Å². The van der Waals surface area contributed by atoms with Crippen molar-refractivity contribution in [3.05, 3.63) is 0 Å². The predicted octanol–water partition coefficient (Wildman–Crippen LogP) is 31.5. The molecule has 19 aliphatic carbocycles. The van der Waals surface area contributed by atoms with Crippen molar-refractivity contribution in [1.29, 1.82) is 0 Å². The summed E-state index contributed by atoms with van der Waals surface area (Å²) in [6.07, 6.45) is 113. The van der Waals surface area contributed by atoms with Gasteiger partial charge in [-0.3, -0.25) is 0 Å². The minimum Gasteiger partial charge on any atom is -0.0533 e. The molecular weight excluding hydrogens is 1260 g/mol. The largest absolute Gasteiger partial charge is 0.0533 e. The molecule has 0 saturated heterocycles. The lowest BCUT2D eigenvalue weighted by Gasteiger charge is -2.57. The molecule has 0 amide bonds. The molecule has 594 valence electrons. The second-order valence-electron chi connectivity index (χ2n) is 46.9. The molecule has 0 bridgehead atoms. The Labute approximate surface area is 652 Å². The summed E-state index contributed by atoms with van der Waals surface area (Å²) >= 11 is 0. The number of rotatable bonds is 14. The van der Waals surface area contributed by atoms with Gasteiger partial charge in [0, 0.05) is 0 Å². The standard InChI is InChI=1S/C105H174/c1-3-11-71(12-4-1)73-19-23-75(24-20-73)79-35-43-87(44-36-79)91-51-55-97-69-93(53-57-95(97)67-91)89-47-39-81(40-48-89)77-27-31-83(32-28-77)85-59-63-99(64-60-85)105(103-17-9-7-15-101(103)102-16-8-10-18-104(102)105)100-65-61-86(62-66-100)84-33-29-78(30-34-84)82-41-49-90(50-42-82)94-54-58-96-68-92(52-56-98(96)70-94)88-45-37-80(38-46-88)76-25-21-74(22-26-76)72-13-5-2-6-14-72/h71-104H,1-70H2. The zero-order valence-electron chi connectivity index (χ0n) is 69.6. The van der Waals surface area contributed by atoms with Gasteiger partial charge in [0.25, 0.3) is 0 Å². The maximum absolute atomic E-state index is 1.67. The molecule has 19 fully saturated rings. The Balaban J connectivity index is 0.390. The van der Waals surface area contributed by atoms with Gasteiger partial charge in [0.1, 0.15) is 0 Å². The molecule has 105 heavy (non-hydrogen) atoms. The molecule has 19 rings (SSSR count). The maximum atomic E-state index is 1.67. The predicted molar refractivity (Wildman–Crippen MR) is 444 cm³/mol. The second-order valence-corrected chi connectivity index (χ2v) is 46.9. The van der Waals surface area contributed by atoms with Gasteiger partial charge in [-0.05, 0) is 566 Å². The van der Waals surface area contributed by atoms with Crippen molar-refractivity contribution in [2.75, 3.05) is 0 Å². The molecule has 0 nitrogen and oxygen atoms in total. The van der Waals surface area contributed by atoms with Crippen LogP contribution in [-0.4, -0.2) is 0 Å². The van der Waals surface area contributed by atoms with E-state index in [1.165, 1.54) is 12.8 Å². The van der Waals surface area contributed by atoms with Crippen molar-refractivity contribution in [2.45, 2.75) is 449 Å². The molecule has 0 aromatic rings. The van der Waals surface area contributed by atoms with Crippen molar-refractivity contribution >= 4 is 0 Å². The van der Waals surface area contributed by atoms with Crippen molar-refractivity contribution in [3.63, 3.8) is 0 Å². The Kier molecular flexibility index (Phi) is 24.9. The molecular formula is C105H174. The second kappa shape index (κ2) is 34.8. The van der Waals surface area contributed by atoms with E-state index < -0.39 is 0 Å². The highest BCUT2D eigenvalue weighted by molar-refractivity contribution is 5.14. The number of hydrogen-bond donors (Lipinski definition) is 0. The van der Waals surface area contributed by atoms with E-state index in [4.69, 9.17) is 0 Å². The molecule has 0 aliphatic heterocycles. The van der Waals surface area contributed by atoms with Crippen LogP contribution >= 0.6 is 0 Å². The minimum atomic E-state index is 0.744. The molecule has 0 aromatic carbocycles. The monoisotopic (exact) mass is 1440 g/mol. The van der Waals surface area contributed by atoms with E-state index in [2.05, 4.69) is 0 Å². The van der Waals surface area contributed by atoms with E-state index in [9.17, 15) is 0 Å². The first-order chi connectivity index (χ1) is 51.9. The first-order valence-corrected chi connectivity index (χ1v) is 51.9. The summed E-state index contributed by atoms with van der Waals surface area (Å²) in [7, 11) is 0. The van der Waals surface area contributed by atoms with Crippen LogP contribution in [0.5, 0.6) is 0 Å². The minimum absolute atomic E-state index is 0.744. The smallest absolute Gasteiger partial charge is 0.0179 e. The Morgan fingerprint density at radius 1 is 0.105 bits per heavy atom. The maximum Gasteiger partial charge on any atom is -0.0179 e. The zero-order chi connectivity index (χ0) is 69.6. The van der Waals surface area contributed by atoms with Gasteiger partial charge in [0.15, 0.2) is 0 Å². The van der Waals surface area contributed by atoms with Crippen LogP contribution in [0.4, 0.5) is 0 Å². The normalized spacial score (nSPS) is 51.8. The van der Waals surface area contributed by atoms with E-state index in [1.807, 2.05) is 0 Å². The third kappa shape index (κ3) is 16.3. The molecule has 12 atom stereocenters. The first-order valence-electron chi connectivity index (χ1n) is 51.9. The SMILES string of the molecule is C1CCC(C2CCC(C3CCC(C4CCC5CC(C6CCC(C7CCC(C8CCC(C9(C%10CCC(C%11CCC(C%12CCC(C%13CCC%14CC(C%15CCC(C%16CCC(C%17CCCCC%17)CC%16)CC%15)CCC%14C%13)CC%12)CC%11)CC%10)C%10CCCCC%10C%10CCCCC%109)CC8)CC7)CC6)CCC5C4)CC3)CC2)CC1. The van der Waals surface area contributed by atoms with Gasteiger partial charge >= 0.3 is 0 Å². The highest BCUT2D eigenvalue weighted by Crippen LogP contribution is 2.73. The van der Waals surface area contributed by atoms with E-state index in [1.54, 1.807) is 437 Å². The Morgan fingerprint density at radius 2 is 0.238 bits per heavy atom. The molecule has 0 N–H and O–H groups in total. The fourth-order valence-electron chi connectivity index (χ4n) is 38.1. The van der Waals surface area contributed by atoms with Crippen LogP contribution < -0.4 is 0 Å². The van der Waals surface area contributed by atoms with Crippen LogP contribution in [0.25, 0.3) is 0 Å². The lowest BCUT2D eigenvalue weighted by atomic mass is 9.47. The van der Waals surface area contributed by atoms with Gasteiger partial charge in [-0.2, -0.15) is 0 Å². The molecule has 0 aromatic heterocycles. The average Bonchev–Trinajstić information content (AvgIpc) is 1.54. The van der Waals surface area contributed by atoms with Crippen molar-refractivity contribution in [3.8, 4) is 0 Å². The van der Waals surface area contributed by atoms with Crippen LogP contribution in [0.3, 0.4) is 0 Å². The zero-order valence-corrected chi connectivity index (χ0v) is 69.6. The van der Waals surface area contributed by atoms with E-state index in [0.29, 0.717) is 0 Å². The van der Waals surface area contributed by atoms with Crippen LogP contribution in [0.2, 0.25) is 0 Å². The van der Waals surface area contributed by atoms with Crippen molar-refractivity contribution in [2.24, 2.45) is 207 Å². The first kappa shape index (κ1) is 75.1. The highest BCUT2D eigenvalue weighted by Gasteiger charge is 2.66. The Morgan fingerprint density at radius 3 is 0.438 bits per heavy atom. The Bertz CT molecular complexity index is 2390. The van der Waals surface area contributed by atoms with Gasteiger partial charge in [-0.1, -0.05) is 89.9 Å². The fraction of sp³-hybridized carbons (Fsp3) is 1.00. The van der Waals surface area contributed by atoms with Crippen molar-refractivity contribution < 1.29 is 0 Å². The van der Waals surface area contributed by atoms with Crippen molar-refractivity contribution in [1.82, 2.24) is 0 Å². The Hall–Kier alpha value is 0. The summed E-state index contributed by atoms with van der Waals surface area (Å²) in [5.41, 5.74) is 0.744. The molecule has 0 radical (unpaired) electrons. The quantitative estimate of drug-likeness (QED) is 0.163. The van der Waals surface area contributed by atoms with Crippen LogP contribution in [0.1, 0.15) is 449 Å². The summed E-state index contributed by atoms with van der Waals surface area (Å²) < 4.78 is 0. The summed E-state index contributed by atoms with van der Waals surface area (Å²) in [5, 5.41) is 0. The molecule has 0 heterocycles. The molecule has 0 spiro atoms. The van der Waals surface area contributed by atoms with E-state index in [0.717, 1.165) is 207 Å². The van der Waals surface area contributed by atoms with E-state index in [-0.39, 0.29) is 0 Å². The summed E-state index contributed by atoms with van der Waals surface area (Å²) in [4.78, 5) is 0. The molecule has 19 saturated carbocycles. The summed E-state index contributed by atoms with van der Waals surface area (Å²) in [6.45, 7) is 0. The number of fused-ring (bicyclic) bond motifs is 5. The average molecular weight is 1440 g/mol. The summed E-state index contributed by atoms with van der Waals surface area (Å²) in [6, 6.07) is 0. The third-order valence-corrected chi connectivity index (χ3v) is 43.7. The lowest BCUT2D eigenvalue weighted by Crippen LogP contribution is -2.50. The van der Waals surface area contributed by atoms with Gasteiger partial charge in [-0.25, -0.2) is 0 Å². The fourth-order valence-corrected chi connectivity index (χ4v) is 38.1. The summed E-state index contributed by atoms with van der Waals surface area (Å²) in [5.74, 6) is 37.6. The molecule has 19 aliphatic rings. The van der Waals surface area contributed by atoms with Gasteiger partial charge in [0.05, 0.1) is 0 Å². The van der Waals surface area contributed by atoms with E-state index >= 15 is 0 Å². The lowest BCUT2D eigenvalue weighted by molar-refractivity contribution is -0.0880. The number of hydrogen-bond acceptors (Lipinski definition) is 0. The third-order valence-electron chi connectivity index (χ3n) is 43.7. The molecule has 0 heteroatoms. The highest BCUT2D eigenvalue weighted by atomic mass is 14.7.